The van der Waals surface area contributed by atoms with E-state index in [9.17, 15) is 8.78 Å². The number of aryl methyl sites for hydroxylation is 1. The van der Waals surface area contributed by atoms with Gasteiger partial charge in [-0.3, -0.25) is 0 Å². The average molecular weight is 213 g/mol. The van der Waals surface area contributed by atoms with E-state index in [0.29, 0.717) is 0 Å². The van der Waals surface area contributed by atoms with Crippen molar-refractivity contribution in [2.24, 2.45) is 5.73 Å². The van der Waals surface area contributed by atoms with Gasteiger partial charge in [0.1, 0.15) is 6.33 Å². The van der Waals surface area contributed by atoms with Gasteiger partial charge in [0.05, 0.1) is 0 Å². The van der Waals surface area contributed by atoms with Crippen molar-refractivity contribution >= 4 is 0 Å². The van der Waals surface area contributed by atoms with Crippen LogP contribution in [-0.2, 0) is 5.41 Å². The monoisotopic (exact) mass is 213 g/mol. The van der Waals surface area contributed by atoms with Crippen LogP contribution >= 0.6 is 0 Å². The highest BCUT2D eigenvalue weighted by atomic mass is 19.3. The van der Waals surface area contributed by atoms with Crippen LogP contribution in [0.5, 0.6) is 0 Å². The van der Waals surface area contributed by atoms with E-state index in [0.717, 1.165) is 11.3 Å². The number of aromatic nitrogens is 2. The molecule has 2 N–H and O–H groups in total. The van der Waals surface area contributed by atoms with E-state index in [4.69, 9.17) is 5.73 Å². The molecule has 0 atom stereocenters. The van der Waals surface area contributed by atoms with Gasteiger partial charge < -0.3 is 5.73 Å². The SMILES string of the molecule is Cc1ncncc1C1(CN)CC(F)(F)C1. The van der Waals surface area contributed by atoms with Crippen LogP contribution in [0.1, 0.15) is 24.1 Å². The first-order chi connectivity index (χ1) is 6.99. The van der Waals surface area contributed by atoms with E-state index in [1.807, 2.05) is 0 Å². The second-order valence-electron chi connectivity index (χ2n) is 4.22. The quantitative estimate of drug-likeness (QED) is 0.808. The van der Waals surface area contributed by atoms with Crippen molar-refractivity contribution in [3.05, 3.63) is 23.8 Å². The summed E-state index contributed by atoms with van der Waals surface area (Å²) in [6, 6.07) is 0. The number of hydrogen-bond acceptors (Lipinski definition) is 3. The number of alkyl halides is 2. The average Bonchev–Trinajstić information content (AvgIpc) is 2.14. The van der Waals surface area contributed by atoms with Crippen LogP contribution in [0, 0.1) is 6.92 Å². The topological polar surface area (TPSA) is 51.8 Å². The van der Waals surface area contributed by atoms with Gasteiger partial charge in [-0.05, 0) is 12.5 Å². The Labute approximate surface area is 86.7 Å². The third-order valence-electron chi connectivity index (χ3n) is 3.07. The number of rotatable bonds is 2. The summed E-state index contributed by atoms with van der Waals surface area (Å²) in [5.74, 6) is -2.58. The van der Waals surface area contributed by atoms with E-state index in [1.165, 1.54) is 6.33 Å². The first-order valence-electron chi connectivity index (χ1n) is 4.84. The molecule has 1 aromatic heterocycles. The maximum atomic E-state index is 12.9. The largest absolute Gasteiger partial charge is 0.330 e. The Morgan fingerprint density at radius 3 is 2.60 bits per heavy atom. The van der Waals surface area contributed by atoms with Crippen LogP contribution in [-0.4, -0.2) is 22.4 Å². The summed E-state index contributed by atoms with van der Waals surface area (Å²) >= 11 is 0. The Morgan fingerprint density at radius 2 is 2.13 bits per heavy atom. The fourth-order valence-corrected chi connectivity index (χ4v) is 2.29. The van der Waals surface area contributed by atoms with Crippen molar-refractivity contribution in [1.82, 2.24) is 9.97 Å². The zero-order valence-electron chi connectivity index (χ0n) is 8.50. The Morgan fingerprint density at radius 1 is 1.47 bits per heavy atom. The molecule has 1 saturated carbocycles. The molecule has 0 aliphatic heterocycles. The highest BCUT2D eigenvalue weighted by Crippen LogP contribution is 2.53. The maximum Gasteiger partial charge on any atom is 0.250 e. The molecule has 1 aliphatic rings. The van der Waals surface area contributed by atoms with Gasteiger partial charge in [-0.2, -0.15) is 0 Å². The van der Waals surface area contributed by atoms with Gasteiger partial charge in [0.2, 0.25) is 5.92 Å². The molecule has 3 nitrogen and oxygen atoms in total. The molecule has 0 unspecified atom stereocenters. The number of nitrogens with two attached hydrogens (primary N) is 1. The Hall–Kier alpha value is -1.10. The minimum Gasteiger partial charge on any atom is -0.330 e. The molecular formula is C10H13F2N3. The number of hydrogen-bond donors (Lipinski definition) is 1. The number of halogens is 2. The molecule has 15 heavy (non-hydrogen) atoms. The molecule has 82 valence electrons. The zero-order valence-corrected chi connectivity index (χ0v) is 8.50. The fraction of sp³-hybridized carbons (Fsp3) is 0.600. The van der Waals surface area contributed by atoms with Crippen molar-refractivity contribution in [1.29, 1.82) is 0 Å². The molecule has 1 aliphatic carbocycles. The molecule has 1 aromatic rings. The Bertz CT molecular complexity index is 371. The van der Waals surface area contributed by atoms with Crippen molar-refractivity contribution in [2.45, 2.75) is 31.1 Å². The summed E-state index contributed by atoms with van der Waals surface area (Å²) in [6.45, 7) is 2.02. The van der Waals surface area contributed by atoms with E-state index < -0.39 is 11.3 Å². The zero-order chi connectivity index (χ0) is 11.1. The standard InChI is InChI=1S/C10H13F2N3/c1-7-8(2-14-6-15-7)9(5-13)3-10(11,12)4-9/h2,6H,3-5,13H2,1H3. The summed E-state index contributed by atoms with van der Waals surface area (Å²) < 4.78 is 25.9. The Kier molecular flexibility index (Phi) is 2.22. The minimum absolute atomic E-state index is 0.190. The lowest BCUT2D eigenvalue weighted by molar-refractivity contribution is -0.124. The first-order valence-corrected chi connectivity index (χ1v) is 4.84. The molecule has 0 bridgehead atoms. The first kappa shape index (κ1) is 10.4. The molecular weight excluding hydrogens is 200 g/mol. The van der Waals surface area contributed by atoms with Crippen molar-refractivity contribution in [2.75, 3.05) is 6.54 Å². The van der Waals surface area contributed by atoms with Crippen LogP contribution in [0.15, 0.2) is 12.5 Å². The van der Waals surface area contributed by atoms with Crippen LogP contribution in [0.4, 0.5) is 8.78 Å². The van der Waals surface area contributed by atoms with E-state index >= 15 is 0 Å². The van der Waals surface area contributed by atoms with E-state index in [2.05, 4.69) is 9.97 Å². The van der Waals surface area contributed by atoms with Crippen molar-refractivity contribution in [3.8, 4) is 0 Å². The van der Waals surface area contributed by atoms with Crippen LogP contribution in [0.25, 0.3) is 0 Å². The van der Waals surface area contributed by atoms with Gasteiger partial charge >= 0.3 is 0 Å². The van der Waals surface area contributed by atoms with E-state index in [1.54, 1.807) is 13.1 Å². The lowest BCUT2D eigenvalue weighted by Crippen LogP contribution is -2.54. The third kappa shape index (κ3) is 1.61. The van der Waals surface area contributed by atoms with Gasteiger partial charge in [0.25, 0.3) is 0 Å². The smallest absolute Gasteiger partial charge is 0.250 e. The van der Waals surface area contributed by atoms with Gasteiger partial charge in [0, 0.05) is 36.7 Å². The highest BCUT2D eigenvalue weighted by Gasteiger charge is 2.57. The third-order valence-corrected chi connectivity index (χ3v) is 3.07. The minimum atomic E-state index is -2.58. The summed E-state index contributed by atoms with van der Waals surface area (Å²) in [7, 11) is 0. The predicted molar refractivity (Wildman–Crippen MR) is 51.7 cm³/mol. The molecule has 1 fully saturated rings. The Balaban J connectivity index is 2.34. The summed E-state index contributed by atoms with van der Waals surface area (Å²) in [5.41, 5.74) is 6.49. The maximum absolute atomic E-state index is 12.9. The number of nitrogens with zero attached hydrogens (tertiary/aromatic N) is 2. The summed E-state index contributed by atoms with van der Waals surface area (Å²) in [4.78, 5) is 7.89. The molecule has 0 radical (unpaired) electrons. The predicted octanol–water partition coefficient (Wildman–Crippen LogP) is 1.41. The molecule has 5 heteroatoms. The highest BCUT2D eigenvalue weighted by molar-refractivity contribution is 5.31. The molecule has 0 spiro atoms. The molecule has 0 amide bonds. The van der Waals surface area contributed by atoms with Crippen LogP contribution < -0.4 is 5.73 Å². The van der Waals surface area contributed by atoms with Crippen LogP contribution in [0.3, 0.4) is 0 Å². The van der Waals surface area contributed by atoms with Crippen molar-refractivity contribution in [3.63, 3.8) is 0 Å². The molecule has 0 aromatic carbocycles. The molecule has 1 heterocycles. The van der Waals surface area contributed by atoms with Gasteiger partial charge in [-0.25, -0.2) is 18.7 Å². The van der Waals surface area contributed by atoms with Gasteiger partial charge in [0.15, 0.2) is 0 Å². The van der Waals surface area contributed by atoms with Gasteiger partial charge in [-0.15, -0.1) is 0 Å². The lowest BCUT2D eigenvalue weighted by Gasteiger charge is -2.47. The second-order valence-corrected chi connectivity index (χ2v) is 4.22. The van der Waals surface area contributed by atoms with Crippen LogP contribution in [0.2, 0.25) is 0 Å². The van der Waals surface area contributed by atoms with Gasteiger partial charge in [-0.1, -0.05) is 0 Å². The summed E-state index contributed by atoms with van der Waals surface area (Å²) in [6.07, 6.45) is 2.64. The fourth-order valence-electron chi connectivity index (χ4n) is 2.29. The second kappa shape index (κ2) is 3.20. The molecule has 2 rings (SSSR count). The van der Waals surface area contributed by atoms with Crippen molar-refractivity contribution < 1.29 is 8.78 Å². The molecule has 0 saturated heterocycles. The lowest BCUT2D eigenvalue weighted by atomic mass is 9.62. The van der Waals surface area contributed by atoms with E-state index in [-0.39, 0.29) is 19.4 Å². The normalized spacial score (nSPS) is 22.1. The summed E-state index contributed by atoms with van der Waals surface area (Å²) in [5, 5.41) is 0.